The highest BCUT2D eigenvalue weighted by atomic mass is 35.5. The number of halogens is 1. The summed E-state index contributed by atoms with van der Waals surface area (Å²) in [6, 6.07) is 20.4. The first kappa shape index (κ1) is 24.9. The van der Waals surface area contributed by atoms with E-state index >= 15 is 0 Å². The smallest absolute Gasteiger partial charge is 0.341 e. The number of hydrogen-bond acceptors (Lipinski definition) is 6. The minimum atomic E-state index is -3.88. The molecule has 35 heavy (non-hydrogen) atoms. The van der Waals surface area contributed by atoms with Gasteiger partial charge in [-0.1, -0.05) is 48.0 Å². The zero-order chi connectivity index (χ0) is 24.8. The second-order valence-electron chi connectivity index (χ2n) is 7.59. The van der Waals surface area contributed by atoms with Gasteiger partial charge in [0.05, 0.1) is 4.90 Å². The summed E-state index contributed by atoms with van der Waals surface area (Å²) in [5.41, 5.74) is 2.42. The third kappa shape index (κ3) is 6.46. The summed E-state index contributed by atoms with van der Waals surface area (Å²) in [6.45, 7) is -0.297. The maximum absolute atomic E-state index is 13.6. The summed E-state index contributed by atoms with van der Waals surface area (Å²) >= 11 is 7.49. The molecular formula is C25H21ClN2O5S2. The minimum absolute atomic E-state index is 0.0590. The van der Waals surface area contributed by atoms with Crippen molar-refractivity contribution in [2.24, 2.45) is 0 Å². The molecule has 0 spiro atoms. The first-order valence-corrected chi connectivity index (χ1v) is 13.2. The second kappa shape index (κ2) is 11.0. The van der Waals surface area contributed by atoms with E-state index in [0.717, 1.165) is 16.1 Å². The van der Waals surface area contributed by atoms with Crippen molar-refractivity contribution in [2.45, 2.75) is 18.0 Å². The summed E-state index contributed by atoms with van der Waals surface area (Å²) in [4.78, 5) is 15.3. The maximum atomic E-state index is 13.6. The predicted molar refractivity (Wildman–Crippen MR) is 135 cm³/mol. The fourth-order valence-corrected chi connectivity index (χ4v) is 5.57. The van der Waals surface area contributed by atoms with Crippen LogP contribution in [0.15, 0.2) is 89.3 Å². The Morgan fingerprint density at radius 3 is 2.37 bits per heavy atom. The monoisotopic (exact) mass is 528 g/mol. The van der Waals surface area contributed by atoms with E-state index in [2.05, 4.69) is 4.98 Å². The molecule has 0 atom stereocenters. The Hall–Kier alpha value is -3.24. The van der Waals surface area contributed by atoms with E-state index in [1.54, 1.807) is 30.5 Å². The molecule has 4 aromatic rings. The van der Waals surface area contributed by atoms with Crippen molar-refractivity contribution in [3.63, 3.8) is 0 Å². The largest absolute Gasteiger partial charge is 0.482 e. The number of carboxylic acids is 1. The first-order chi connectivity index (χ1) is 16.8. The quantitative estimate of drug-likeness (QED) is 0.299. The Kier molecular flexibility index (Phi) is 7.82. The lowest BCUT2D eigenvalue weighted by atomic mass is 10.1. The fraction of sp³-hybridized carbons (Fsp3) is 0.120. The number of nitrogens with zero attached hydrogens (tertiary/aromatic N) is 2. The van der Waals surface area contributed by atoms with Crippen molar-refractivity contribution in [1.29, 1.82) is 0 Å². The summed E-state index contributed by atoms with van der Waals surface area (Å²) in [7, 11) is -3.88. The summed E-state index contributed by atoms with van der Waals surface area (Å²) in [5, 5.41) is 12.1. The van der Waals surface area contributed by atoms with Gasteiger partial charge in [0.2, 0.25) is 10.0 Å². The summed E-state index contributed by atoms with van der Waals surface area (Å²) < 4.78 is 33.8. The van der Waals surface area contributed by atoms with E-state index in [-0.39, 0.29) is 18.0 Å². The number of hydrogen-bond donors (Lipinski definition) is 1. The van der Waals surface area contributed by atoms with Crippen LogP contribution in [-0.4, -0.2) is 35.4 Å². The maximum Gasteiger partial charge on any atom is 0.341 e. The van der Waals surface area contributed by atoms with Gasteiger partial charge in [-0.15, -0.1) is 11.3 Å². The molecule has 0 bridgehead atoms. The highest BCUT2D eigenvalue weighted by Gasteiger charge is 2.25. The SMILES string of the molecule is O=C(O)COc1cccc(CN(Cc2ccc(-c3nccs3)cc2)S(=O)(=O)c2ccc(Cl)cc2)c1. The molecule has 3 aromatic carbocycles. The van der Waals surface area contributed by atoms with Crippen molar-refractivity contribution in [3.8, 4) is 16.3 Å². The lowest BCUT2D eigenvalue weighted by molar-refractivity contribution is -0.139. The van der Waals surface area contributed by atoms with Gasteiger partial charge in [-0.3, -0.25) is 0 Å². The van der Waals surface area contributed by atoms with Crippen molar-refractivity contribution < 1.29 is 23.1 Å². The Bertz CT molecular complexity index is 1390. The lowest BCUT2D eigenvalue weighted by Gasteiger charge is -2.23. The van der Waals surface area contributed by atoms with Gasteiger partial charge in [-0.2, -0.15) is 4.31 Å². The zero-order valence-corrected chi connectivity index (χ0v) is 20.8. The van der Waals surface area contributed by atoms with Crippen molar-refractivity contribution >= 4 is 38.9 Å². The number of carboxylic acid groups (broad SMARTS) is 1. The number of thiazole rings is 1. The summed E-state index contributed by atoms with van der Waals surface area (Å²) in [5.74, 6) is -0.745. The number of ether oxygens (including phenoxy) is 1. The Labute approximate surface area is 212 Å². The molecule has 10 heteroatoms. The van der Waals surface area contributed by atoms with Gasteiger partial charge in [-0.25, -0.2) is 18.2 Å². The topological polar surface area (TPSA) is 96.8 Å². The molecule has 0 unspecified atom stereocenters. The van der Waals surface area contributed by atoms with Crippen LogP contribution in [0.3, 0.4) is 0 Å². The fourth-order valence-electron chi connectivity index (χ4n) is 3.39. The standard InChI is InChI=1S/C25H21ClN2O5S2/c26-21-8-10-23(11-9-21)35(31,32)28(16-19-2-1-3-22(14-19)33-17-24(29)30)15-18-4-6-20(7-5-18)25-27-12-13-34-25/h1-14H,15-17H2,(H,29,30). The van der Waals surface area contributed by atoms with E-state index in [4.69, 9.17) is 21.4 Å². The molecule has 0 aliphatic heterocycles. The van der Waals surface area contributed by atoms with Gasteiger partial charge in [0, 0.05) is 35.3 Å². The van der Waals surface area contributed by atoms with Crippen LogP contribution in [0.2, 0.25) is 5.02 Å². The van der Waals surface area contributed by atoms with Crippen LogP contribution in [-0.2, 0) is 27.9 Å². The van der Waals surface area contributed by atoms with Gasteiger partial charge >= 0.3 is 5.97 Å². The predicted octanol–water partition coefficient (Wildman–Crippen LogP) is 5.32. The number of sulfonamides is 1. The van der Waals surface area contributed by atoms with Crippen molar-refractivity contribution in [2.75, 3.05) is 6.61 Å². The Morgan fingerprint density at radius 1 is 1.00 bits per heavy atom. The lowest BCUT2D eigenvalue weighted by Crippen LogP contribution is -2.30. The average molecular weight is 529 g/mol. The highest BCUT2D eigenvalue weighted by Crippen LogP contribution is 2.26. The molecule has 0 radical (unpaired) electrons. The number of benzene rings is 3. The third-order valence-electron chi connectivity index (χ3n) is 5.06. The number of carbonyl (C=O) groups is 1. The van der Waals surface area contributed by atoms with Gasteiger partial charge in [-0.05, 0) is 47.5 Å². The van der Waals surface area contributed by atoms with Crippen molar-refractivity contribution in [1.82, 2.24) is 9.29 Å². The van der Waals surface area contributed by atoms with Gasteiger partial charge < -0.3 is 9.84 Å². The molecule has 0 saturated carbocycles. The van der Waals surface area contributed by atoms with Crippen LogP contribution < -0.4 is 4.74 Å². The molecule has 0 fully saturated rings. The zero-order valence-electron chi connectivity index (χ0n) is 18.4. The molecule has 0 aliphatic rings. The normalized spacial score (nSPS) is 11.5. The molecule has 7 nitrogen and oxygen atoms in total. The Morgan fingerprint density at radius 2 is 1.71 bits per heavy atom. The third-order valence-corrected chi connectivity index (χ3v) is 7.94. The van der Waals surface area contributed by atoms with Crippen molar-refractivity contribution in [3.05, 3.63) is 101 Å². The van der Waals surface area contributed by atoms with Crippen LogP contribution in [0.4, 0.5) is 0 Å². The molecular weight excluding hydrogens is 508 g/mol. The van der Waals surface area contributed by atoms with Gasteiger partial charge in [0.15, 0.2) is 6.61 Å². The molecule has 1 N–H and O–H groups in total. The van der Waals surface area contributed by atoms with E-state index in [9.17, 15) is 13.2 Å². The van der Waals surface area contributed by atoms with Crippen LogP contribution >= 0.6 is 22.9 Å². The van der Waals surface area contributed by atoms with Gasteiger partial charge in [0.25, 0.3) is 0 Å². The van der Waals surface area contributed by atoms with E-state index < -0.39 is 22.6 Å². The Balaban J connectivity index is 1.62. The molecule has 1 heterocycles. The summed E-state index contributed by atoms with van der Waals surface area (Å²) in [6.07, 6.45) is 1.74. The molecule has 180 valence electrons. The number of aromatic nitrogens is 1. The molecule has 1 aromatic heterocycles. The second-order valence-corrected chi connectivity index (χ2v) is 10.9. The van der Waals surface area contributed by atoms with E-state index in [1.807, 2.05) is 29.6 Å². The van der Waals surface area contributed by atoms with Crippen LogP contribution in [0.5, 0.6) is 5.75 Å². The molecule has 0 aliphatic carbocycles. The highest BCUT2D eigenvalue weighted by molar-refractivity contribution is 7.89. The van der Waals surface area contributed by atoms with Crippen LogP contribution in [0.1, 0.15) is 11.1 Å². The van der Waals surface area contributed by atoms with Crippen LogP contribution in [0.25, 0.3) is 10.6 Å². The minimum Gasteiger partial charge on any atom is -0.482 e. The van der Waals surface area contributed by atoms with E-state index in [0.29, 0.717) is 16.3 Å². The first-order valence-electron chi connectivity index (χ1n) is 10.5. The molecule has 0 saturated heterocycles. The van der Waals surface area contributed by atoms with Gasteiger partial charge in [0.1, 0.15) is 10.8 Å². The molecule has 4 rings (SSSR count). The molecule has 0 amide bonds. The number of aliphatic carboxylic acids is 1. The van der Waals surface area contributed by atoms with Crippen LogP contribution in [0, 0.1) is 0 Å². The number of rotatable bonds is 10. The van der Waals surface area contributed by atoms with E-state index in [1.165, 1.54) is 39.9 Å². The average Bonchev–Trinajstić information content (AvgIpc) is 3.38.